The molecule has 0 aliphatic carbocycles. The van der Waals surface area contributed by atoms with Crippen LogP contribution in [0.4, 0.5) is 0 Å². The van der Waals surface area contributed by atoms with Crippen LogP contribution in [0.15, 0.2) is 24.4 Å². The van der Waals surface area contributed by atoms with Crippen molar-refractivity contribution in [2.75, 3.05) is 0 Å². The Balaban J connectivity index is 2.57. The Kier molecular flexibility index (Phi) is 4.32. The summed E-state index contributed by atoms with van der Waals surface area (Å²) >= 11 is 1.50. The van der Waals surface area contributed by atoms with Gasteiger partial charge in [-0.05, 0) is 26.0 Å². The number of thioether (sulfide) groups is 1. The van der Waals surface area contributed by atoms with Gasteiger partial charge in [-0.15, -0.1) is 11.8 Å². The Morgan fingerprint density at radius 3 is 2.81 bits per heavy atom. The highest BCUT2D eigenvalue weighted by Crippen LogP contribution is 2.29. The van der Waals surface area contributed by atoms with E-state index in [2.05, 4.69) is 4.98 Å². The fourth-order valence-electron chi connectivity index (χ4n) is 1.13. The van der Waals surface area contributed by atoms with E-state index in [1.54, 1.807) is 6.20 Å². The van der Waals surface area contributed by atoms with Gasteiger partial charge in [-0.25, -0.2) is 0 Å². The minimum Gasteiger partial charge on any atom is -0.480 e. The topological polar surface area (TPSA) is 76.2 Å². The number of hydrogen-bond acceptors (Lipinski definition) is 4. The number of aliphatic carboxylic acids is 1. The number of nitrogens with two attached hydrogens (primary N) is 1. The summed E-state index contributed by atoms with van der Waals surface area (Å²) in [5, 5.41) is 8.86. The van der Waals surface area contributed by atoms with Crippen LogP contribution in [-0.4, -0.2) is 26.8 Å². The monoisotopic (exact) mass is 240 g/mol. The van der Waals surface area contributed by atoms with Gasteiger partial charge in [0.05, 0.1) is 5.69 Å². The molecule has 0 radical (unpaired) electrons. The second kappa shape index (κ2) is 5.32. The Labute approximate surface area is 99.3 Å². The van der Waals surface area contributed by atoms with Crippen LogP contribution in [0.5, 0.6) is 0 Å². The lowest BCUT2D eigenvalue weighted by Crippen LogP contribution is -2.46. The van der Waals surface area contributed by atoms with Gasteiger partial charge in [-0.3, -0.25) is 9.78 Å². The maximum Gasteiger partial charge on any atom is 0.321 e. The first-order valence-electron chi connectivity index (χ1n) is 4.96. The van der Waals surface area contributed by atoms with E-state index in [1.165, 1.54) is 11.8 Å². The maximum atomic E-state index is 10.8. The van der Waals surface area contributed by atoms with E-state index in [1.807, 2.05) is 32.0 Å². The molecule has 0 amide bonds. The van der Waals surface area contributed by atoms with Gasteiger partial charge >= 0.3 is 5.97 Å². The molecule has 0 aliphatic rings. The lowest BCUT2D eigenvalue weighted by atomic mass is 10.1. The molecule has 0 aromatic carbocycles. The molecule has 1 aromatic heterocycles. The smallest absolute Gasteiger partial charge is 0.321 e. The van der Waals surface area contributed by atoms with E-state index in [-0.39, 0.29) is 0 Å². The molecule has 0 spiro atoms. The summed E-state index contributed by atoms with van der Waals surface area (Å²) in [5.41, 5.74) is 6.55. The van der Waals surface area contributed by atoms with Crippen LogP contribution < -0.4 is 5.73 Å². The van der Waals surface area contributed by atoms with Crippen molar-refractivity contribution in [1.82, 2.24) is 4.98 Å². The molecule has 0 aliphatic heterocycles. The normalized spacial score (nSPS) is 13.4. The number of carbonyl (C=O) groups is 1. The highest BCUT2D eigenvalue weighted by Gasteiger charge is 2.32. The Hall–Kier alpha value is -1.07. The Bertz CT molecular complexity index is 354. The summed E-state index contributed by atoms with van der Waals surface area (Å²) in [6.07, 6.45) is 1.72. The molecular weight excluding hydrogens is 224 g/mol. The number of hydrogen-bond donors (Lipinski definition) is 2. The average Bonchev–Trinajstić information content (AvgIpc) is 2.27. The molecule has 88 valence electrons. The fourth-order valence-corrected chi connectivity index (χ4v) is 2.10. The largest absolute Gasteiger partial charge is 0.480 e. The molecule has 0 saturated carbocycles. The molecule has 0 fully saturated rings. The number of carboxylic acid groups (broad SMARTS) is 1. The van der Waals surface area contributed by atoms with E-state index in [0.29, 0.717) is 5.75 Å². The summed E-state index contributed by atoms with van der Waals surface area (Å²) in [5.74, 6) is -0.312. The number of rotatable bonds is 5. The van der Waals surface area contributed by atoms with E-state index in [0.717, 1.165) is 5.69 Å². The summed E-state index contributed by atoms with van der Waals surface area (Å²) in [6, 6.07) is 4.80. The van der Waals surface area contributed by atoms with Crippen LogP contribution in [0.3, 0.4) is 0 Å². The summed E-state index contributed by atoms with van der Waals surface area (Å²) < 4.78 is -0.511. The van der Waals surface area contributed by atoms with Crippen molar-refractivity contribution >= 4 is 17.7 Å². The predicted molar refractivity (Wildman–Crippen MR) is 65.2 cm³/mol. The van der Waals surface area contributed by atoms with E-state index < -0.39 is 16.8 Å². The third kappa shape index (κ3) is 3.50. The third-order valence-electron chi connectivity index (χ3n) is 2.33. The molecular formula is C11H16N2O2S. The molecule has 0 bridgehead atoms. The van der Waals surface area contributed by atoms with Crippen molar-refractivity contribution < 1.29 is 9.90 Å². The Morgan fingerprint density at radius 1 is 1.62 bits per heavy atom. The summed E-state index contributed by atoms with van der Waals surface area (Å²) in [4.78, 5) is 15.0. The van der Waals surface area contributed by atoms with Crippen LogP contribution in [0, 0.1) is 0 Å². The van der Waals surface area contributed by atoms with Gasteiger partial charge in [0, 0.05) is 16.7 Å². The SMILES string of the molecule is CC(C)(SCc1ccccn1)[C@@H](N)C(=O)O. The van der Waals surface area contributed by atoms with Crippen LogP contribution in [-0.2, 0) is 10.5 Å². The number of carboxylic acids is 1. The van der Waals surface area contributed by atoms with Gasteiger partial charge in [0.25, 0.3) is 0 Å². The van der Waals surface area contributed by atoms with Crippen LogP contribution in [0.2, 0.25) is 0 Å². The average molecular weight is 240 g/mol. The summed E-state index contributed by atoms with van der Waals surface area (Å²) in [6.45, 7) is 3.67. The van der Waals surface area contributed by atoms with Crippen LogP contribution in [0.25, 0.3) is 0 Å². The van der Waals surface area contributed by atoms with Crippen molar-refractivity contribution in [3.05, 3.63) is 30.1 Å². The quantitative estimate of drug-likeness (QED) is 0.815. The van der Waals surface area contributed by atoms with Gasteiger partial charge in [0.15, 0.2) is 0 Å². The zero-order chi connectivity index (χ0) is 12.2. The fraction of sp³-hybridized carbons (Fsp3) is 0.455. The molecule has 0 unspecified atom stereocenters. The van der Waals surface area contributed by atoms with Gasteiger partial charge in [0.2, 0.25) is 0 Å². The van der Waals surface area contributed by atoms with Crippen LogP contribution in [0.1, 0.15) is 19.5 Å². The molecule has 3 N–H and O–H groups in total. The standard InChI is InChI=1S/C11H16N2O2S/c1-11(2,9(12)10(14)15)16-7-8-5-3-4-6-13-8/h3-6,9H,7,12H2,1-2H3,(H,14,15)/t9-/m0/s1. The van der Waals surface area contributed by atoms with Gasteiger partial charge in [-0.1, -0.05) is 6.07 Å². The third-order valence-corrected chi connectivity index (χ3v) is 3.77. The second-order valence-electron chi connectivity index (χ2n) is 4.03. The minimum atomic E-state index is -0.974. The van der Waals surface area contributed by atoms with E-state index >= 15 is 0 Å². The molecule has 16 heavy (non-hydrogen) atoms. The maximum absolute atomic E-state index is 10.8. The zero-order valence-corrected chi connectivity index (χ0v) is 10.2. The highest BCUT2D eigenvalue weighted by atomic mass is 32.2. The van der Waals surface area contributed by atoms with E-state index in [9.17, 15) is 4.79 Å². The lowest BCUT2D eigenvalue weighted by molar-refractivity contribution is -0.139. The van der Waals surface area contributed by atoms with Gasteiger partial charge < -0.3 is 10.8 Å². The number of aromatic nitrogens is 1. The molecule has 1 aromatic rings. The van der Waals surface area contributed by atoms with Crippen molar-refractivity contribution in [1.29, 1.82) is 0 Å². The molecule has 4 nitrogen and oxygen atoms in total. The molecule has 1 heterocycles. The van der Waals surface area contributed by atoms with Crippen molar-refractivity contribution in [2.24, 2.45) is 5.73 Å². The highest BCUT2D eigenvalue weighted by molar-refractivity contribution is 7.99. The Morgan fingerprint density at radius 2 is 2.31 bits per heavy atom. The minimum absolute atomic E-state index is 0.511. The summed E-state index contributed by atoms with van der Waals surface area (Å²) in [7, 11) is 0. The van der Waals surface area contributed by atoms with Crippen molar-refractivity contribution in [2.45, 2.75) is 30.4 Å². The van der Waals surface area contributed by atoms with Gasteiger partial charge in [0.1, 0.15) is 6.04 Å². The zero-order valence-electron chi connectivity index (χ0n) is 9.38. The number of pyridine rings is 1. The van der Waals surface area contributed by atoms with Gasteiger partial charge in [-0.2, -0.15) is 0 Å². The lowest BCUT2D eigenvalue weighted by Gasteiger charge is -2.27. The van der Waals surface area contributed by atoms with E-state index in [4.69, 9.17) is 10.8 Å². The van der Waals surface area contributed by atoms with Crippen molar-refractivity contribution in [3.63, 3.8) is 0 Å². The number of nitrogens with zero attached hydrogens (tertiary/aromatic N) is 1. The first-order chi connectivity index (χ1) is 7.43. The first kappa shape index (κ1) is 13.0. The predicted octanol–water partition coefficient (Wildman–Crippen LogP) is 1.51. The van der Waals surface area contributed by atoms with Crippen LogP contribution >= 0.6 is 11.8 Å². The molecule has 0 saturated heterocycles. The first-order valence-corrected chi connectivity index (χ1v) is 5.94. The molecule has 5 heteroatoms. The van der Waals surface area contributed by atoms with Crippen molar-refractivity contribution in [3.8, 4) is 0 Å². The second-order valence-corrected chi connectivity index (χ2v) is 5.66. The molecule has 1 rings (SSSR count). The molecule has 1 atom stereocenters.